The predicted molar refractivity (Wildman–Crippen MR) is 68.5 cm³/mol. The van der Waals surface area contributed by atoms with Gasteiger partial charge >= 0.3 is 0 Å². The Bertz CT molecular complexity index is 261. The maximum atomic E-state index is 11.9. The fraction of sp³-hybridized carbons (Fsp3) is 0.923. The lowest BCUT2D eigenvalue weighted by Gasteiger charge is -2.25. The molecule has 0 aliphatic carbocycles. The highest BCUT2D eigenvalue weighted by Gasteiger charge is 2.24. The Hall–Kier alpha value is -0.650. The third kappa shape index (κ3) is 3.93. The lowest BCUT2D eigenvalue weighted by molar-refractivity contribution is -0.133. The summed E-state index contributed by atoms with van der Waals surface area (Å²) >= 11 is 0. The van der Waals surface area contributed by atoms with Gasteiger partial charge in [-0.25, -0.2) is 0 Å². The lowest BCUT2D eigenvalue weighted by atomic mass is 10.1. The van der Waals surface area contributed by atoms with Crippen molar-refractivity contribution in [1.82, 2.24) is 10.2 Å². The fourth-order valence-corrected chi connectivity index (χ4v) is 2.48. The molecular formula is C13H24N2O3. The minimum Gasteiger partial charge on any atom is -0.379 e. The first kappa shape index (κ1) is 13.8. The summed E-state index contributed by atoms with van der Waals surface area (Å²) < 4.78 is 11.0. The van der Waals surface area contributed by atoms with Gasteiger partial charge in [-0.15, -0.1) is 0 Å². The molecule has 0 aromatic heterocycles. The first-order valence-corrected chi connectivity index (χ1v) is 6.93. The molecular weight excluding hydrogens is 232 g/mol. The molecule has 2 fully saturated rings. The zero-order valence-corrected chi connectivity index (χ0v) is 11.2. The van der Waals surface area contributed by atoms with Crippen molar-refractivity contribution in [2.24, 2.45) is 0 Å². The van der Waals surface area contributed by atoms with Crippen molar-refractivity contribution < 1.29 is 14.3 Å². The molecule has 2 rings (SSSR count). The minimum absolute atomic E-state index is 0.166. The highest BCUT2D eigenvalue weighted by Crippen LogP contribution is 2.12. The van der Waals surface area contributed by atoms with Crippen molar-refractivity contribution >= 4 is 5.91 Å². The van der Waals surface area contributed by atoms with Crippen LogP contribution in [0, 0.1) is 0 Å². The van der Waals surface area contributed by atoms with Gasteiger partial charge in [0.15, 0.2) is 0 Å². The molecule has 5 heteroatoms. The van der Waals surface area contributed by atoms with Gasteiger partial charge < -0.3 is 19.7 Å². The van der Waals surface area contributed by atoms with Gasteiger partial charge in [0, 0.05) is 13.7 Å². The van der Waals surface area contributed by atoms with E-state index in [-0.39, 0.29) is 11.9 Å². The second kappa shape index (κ2) is 7.07. The standard InChI is InChI=1S/C13H24N2O3/c1-15(11-4-8-17-10-11)13(16)5-9-18-12-2-6-14-7-3-12/h11-12,14H,2-10H2,1H3. The molecule has 1 N–H and O–H groups in total. The normalized spacial score (nSPS) is 25.3. The first-order chi connectivity index (χ1) is 8.77. The highest BCUT2D eigenvalue weighted by molar-refractivity contribution is 5.76. The number of nitrogens with zero attached hydrogens (tertiary/aromatic N) is 1. The van der Waals surface area contributed by atoms with Gasteiger partial charge in [-0.2, -0.15) is 0 Å². The van der Waals surface area contributed by atoms with Crippen LogP contribution in [0.2, 0.25) is 0 Å². The van der Waals surface area contributed by atoms with Crippen LogP contribution < -0.4 is 5.32 Å². The van der Waals surface area contributed by atoms with Crippen molar-refractivity contribution in [3.8, 4) is 0 Å². The van der Waals surface area contributed by atoms with Gasteiger partial charge in [0.2, 0.25) is 5.91 Å². The summed E-state index contributed by atoms with van der Waals surface area (Å²) in [6, 6.07) is 0.261. The molecule has 0 aromatic carbocycles. The molecule has 0 saturated carbocycles. The van der Waals surface area contributed by atoms with Gasteiger partial charge in [0.1, 0.15) is 0 Å². The Balaban J connectivity index is 1.61. The summed E-state index contributed by atoms with van der Waals surface area (Å²) in [4.78, 5) is 13.8. The summed E-state index contributed by atoms with van der Waals surface area (Å²) in [6.45, 7) is 4.04. The summed E-state index contributed by atoms with van der Waals surface area (Å²) in [5.41, 5.74) is 0. The van der Waals surface area contributed by atoms with Crippen molar-refractivity contribution in [2.45, 2.75) is 37.8 Å². The largest absolute Gasteiger partial charge is 0.379 e. The smallest absolute Gasteiger partial charge is 0.224 e. The Kier molecular flexibility index (Phi) is 5.41. The highest BCUT2D eigenvalue weighted by atomic mass is 16.5. The maximum absolute atomic E-state index is 11.9. The van der Waals surface area contributed by atoms with Crippen LogP contribution in [0.4, 0.5) is 0 Å². The monoisotopic (exact) mass is 256 g/mol. The molecule has 2 saturated heterocycles. The Morgan fingerprint density at radius 1 is 1.39 bits per heavy atom. The molecule has 104 valence electrons. The van der Waals surface area contributed by atoms with Crippen LogP contribution in [0.15, 0.2) is 0 Å². The average Bonchev–Trinajstić information content (AvgIpc) is 2.93. The van der Waals surface area contributed by atoms with Crippen molar-refractivity contribution in [3.05, 3.63) is 0 Å². The van der Waals surface area contributed by atoms with E-state index < -0.39 is 0 Å². The molecule has 5 nitrogen and oxygen atoms in total. The molecule has 1 unspecified atom stereocenters. The third-order valence-corrected chi connectivity index (χ3v) is 3.80. The quantitative estimate of drug-likeness (QED) is 0.773. The van der Waals surface area contributed by atoms with E-state index in [4.69, 9.17) is 9.47 Å². The van der Waals surface area contributed by atoms with E-state index in [1.54, 1.807) is 0 Å². The van der Waals surface area contributed by atoms with Crippen LogP contribution in [0.5, 0.6) is 0 Å². The minimum atomic E-state index is 0.166. The van der Waals surface area contributed by atoms with Gasteiger partial charge in [-0.05, 0) is 32.4 Å². The topological polar surface area (TPSA) is 50.8 Å². The van der Waals surface area contributed by atoms with Crippen LogP contribution in [0.25, 0.3) is 0 Å². The van der Waals surface area contributed by atoms with E-state index in [0.29, 0.717) is 25.7 Å². The van der Waals surface area contributed by atoms with E-state index in [2.05, 4.69) is 5.32 Å². The summed E-state index contributed by atoms with van der Waals surface area (Å²) in [5, 5.41) is 3.30. The number of carbonyl (C=O) groups is 1. The van der Waals surface area contributed by atoms with Crippen LogP contribution in [0.1, 0.15) is 25.7 Å². The summed E-state index contributed by atoms with van der Waals surface area (Å²) in [6.07, 6.45) is 3.88. The van der Waals surface area contributed by atoms with Crippen molar-refractivity contribution in [1.29, 1.82) is 0 Å². The summed E-state index contributed by atoms with van der Waals surface area (Å²) in [7, 11) is 1.87. The average molecular weight is 256 g/mol. The molecule has 2 aliphatic heterocycles. The molecule has 2 heterocycles. The number of ether oxygens (including phenoxy) is 2. The Labute approximate surface area is 109 Å². The van der Waals surface area contributed by atoms with E-state index in [0.717, 1.165) is 39.0 Å². The van der Waals surface area contributed by atoms with Crippen LogP contribution in [0.3, 0.4) is 0 Å². The number of piperidine rings is 1. The predicted octanol–water partition coefficient (Wildman–Crippen LogP) is 0.392. The molecule has 0 bridgehead atoms. The first-order valence-electron chi connectivity index (χ1n) is 6.93. The summed E-state index contributed by atoms with van der Waals surface area (Å²) in [5.74, 6) is 0.166. The number of amides is 1. The Morgan fingerprint density at radius 2 is 2.17 bits per heavy atom. The second-order valence-electron chi connectivity index (χ2n) is 5.09. The van der Waals surface area contributed by atoms with E-state index in [1.807, 2.05) is 11.9 Å². The van der Waals surface area contributed by atoms with Gasteiger partial charge in [-0.3, -0.25) is 4.79 Å². The molecule has 1 atom stereocenters. The van der Waals surface area contributed by atoms with Crippen LogP contribution in [-0.2, 0) is 14.3 Å². The lowest BCUT2D eigenvalue weighted by Crippen LogP contribution is -2.38. The molecule has 1 amide bonds. The molecule has 2 aliphatic rings. The number of hydrogen-bond donors (Lipinski definition) is 1. The van der Waals surface area contributed by atoms with Crippen molar-refractivity contribution in [2.75, 3.05) is 40.0 Å². The molecule has 0 radical (unpaired) electrons. The number of hydrogen-bond acceptors (Lipinski definition) is 4. The molecule has 0 spiro atoms. The number of nitrogens with one attached hydrogen (secondary N) is 1. The van der Waals surface area contributed by atoms with E-state index in [9.17, 15) is 4.79 Å². The van der Waals surface area contributed by atoms with Gasteiger partial charge in [-0.1, -0.05) is 0 Å². The van der Waals surface area contributed by atoms with E-state index >= 15 is 0 Å². The third-order valence-electron chi connectivity index (χ3n) is 3.80. The second-order valence-corrected chi connectivity index (χ2v) is 5.09. The van der Waals surface area contributed by atoms with E-state index in [1.165, 1.54) is 0 Å². The van der Waals surface area contributed by atoms with Gasteiger partial charge in [0.05, 0.1) is 31.8 Å². The Morgan fingerprint density at radius 3 is 2.83 bits per heavy atom. The SMILES string of the molecule is CN(C(=O)CCOC1CCNCC1)C1CCOC1. The van der Waals surface area contributed by atoms with Gasteiger partial charge in [0.25, 0.3) is 0 Å². The number of rotatable bonds is 5. The van der Waals surface area contributed by atoms with Crippen LogP contribution in [-0.4, -0.2) is 62.9 Å². The maximum Gasteiger partial charge on any atom is 0.224 e. The number of carbonyl (C=O) groups excluding carboxylic acids is 1. The van der Waals surface area contributed by atoms with Crippen LogP contribution >= 0.6 is 0 Å². The molecule has 18 heavy (non-hydrogen) atoms. The zero-order valence-electron chi connectivity index (χ0n) is 11.2. The molecule has 0 aromatic rings. The fourth-order valence-electron chi connectivity index (χ4n) is 2.48. The number of likely N-dealkylation sites (N-methyl/N-ethyl adjacent to an activating group) is 1. The van der Waals surface area contributed by atoms with Crippen molar-refractivity contribution in [3.63, 3.8) is 0 Å². The zero-order chi connectivity index (χ0) is 12.8.